The lowest BCUT2D eigenvalue weighted by molar-refractivity contribution is -0.140. The Labute approximate surface area is 127 Å². The van der Waals surface area contributed by atoms with E-state index in [2.05, 4.69) is 11.7 Å². The van der Waals surface area contributed by atoms with E-state index in [0.717, 1.165) is 12.0 Å². The molecule has 0 heterocycles. The first-order valence-corrected chi connectivity index (χ1v) is 7.86. The molecular formula is C18H26O3. The molecule has 1 rings (SSSR count). The molecule has 0 amide bonds. The number of hydrogen-bond acceptors (Lipinski definition) is 3. The van der Waals surface area contributed by atoms with Gasteiger partial charge in [0.1, 0.15) is 0 Å². The smallest absolute Gasteiger partial charge is 0.305 e. The number of Topliss-reactive ketones (excluding diaryl/α,β-unsaturated/α-hetero) is 1. The predicted octanol–water partition coefficient (Wildman–Crippen LogP) is 4.34. The summed E-state index contributed by atoms with van der Waals surface area (Å²) in [4.78, 5) is 23.0. The molecule has 116 valence electrons. The second kappa shape index (κ2) is 10.1. The van der Waals surface area contributed by atoms with Crippen molar-refractivity contribution in [1.29, 1.82) is 0 Å². The van der Waals surface area contributed by atoms with Crippen molar-refractivity contribution < 1.29 is 14.3 Å². The first-order chi connectivity index (χ1) is 10.2. The number of ketones is 1. The molecule has 1 aromatic carbocycles. The Kier molecular flexibility index (Phi) is 8.41. The monoisotopic (exact) mass is 290 g/mol. The summed E-state index contributed by atoms with van der Waals surface area (Å²) in [5, 5.41) is 0. The maximum Gasteiger partial charge on any atom is 0.305 e. The van der Waals surface area contributed by atoms with Crippen LogP contribution in [-0.2, 0) is 16.0 Å². The van der Waals surface area contributed by atoms with Gasteiger partial charge in [-0.2, -0.15) is 0 Å². The standard InChI is InChI=1S/C18H26O3/c1-3-4-5-6-8-15-11-13-16(14-12-15)17(19)9-7-10-18(20)21-2/h11-14H,3-10H2,1-2H3. The third-order valence-electron chi connectivity index (χ3n) is 3.61. The fourth-order valence-electron chi connectivity index (χ4n) is 2.25. The van der Waals surface area contributed by atoms with Crippen molar-refractivity contribution in [2.24, 2.45) is 0 Å². The molecule has 21 heavy (non-hydrogen) atoms. The second-order valence-electron chi connectivity index (χ2n) is 5.36. The van der Waals surface area contributed by atoms with Gasteiger partial charge in [-0.25, -0.2) is 0 Å². The largest absolute Gasteiger partial charge is 0.469 e. The second-order valence-corrected chi connectivity index (χ2v) is 5.36. The molecule has 3 heteroatoms. The van der Waals surface area contributed by atoms with Crippen molar-refractivity contribution in [3.8, 4) is 0 Å². The van der Waals surface area contributed by atoms with Crippen molar-refractivity contribution in [2.75, 3.05) is 7.11 Å². The Morgan fingerprint density at radius 1 is 0.952 bits per heavy atom. The van der Waals surface area contributed by atoms with Gasteiger partial charge < -0.3 is 4.74 Å². The molecule has 0 unspecified atom stereocenters. The van der Waals surface area contributed by atoms with Crippen LogP contribution >= 0.6 is 0 Å². The van der Waals surface area contributed by atoms with Gasteiger partial charge in [0.25, 0.3) is 0 Å². The van der Waals surface area contributed by atoms with Crippen molar-refractivity contribution in [3.05, 3.63) is 35.4 Å². The van der Waals surface area contributed by atoms with Gasteiger partial charge in [-0.3, -0.25) is 9.59 Å². The average Bonchev–Trinajstić information content (AvgIpc) is 2.51. The van der Waals surface area contributed by atoms with Crippen LogP contribution in [0.2, 0.25) is 0 Å². The van der Waals surface area contributed by atoms with E-state index < -0.39 is 0 Å². The minimum Gasteiger partial charge on any atom is -0.469 e. The van der Waals surface area contributed by atoms with Crippen molar-refractivity contribution in [1.82, 2.24) is 0 Å². The van der Waals surface area contributed by atoms with E-state index in [1.807, 2.05) is 24.3 Å². The predicted molar refractivity (Wildman–Crippen MR) is 84.5 cm³/mol. The lowest BCUT2D eigenvalue weighted by atomic mass is 10.0. The molecule has 0 fully saturated rings. The topological polar surface area (TPSA) is 43.4 Å². The van der Waals surface area contributed by atoms with Crippen LogP contribution in [-0.4, -0.2) is 18.9 Å². The summed E-state index contributed by atoms with van der Waals surface area (Å²) in [7, 11) is 1.36. The number of methoxy groups -OCH3 is 1. The van der Waals surface area contributed by atoms with Gasteiger partial charge in [0.2, 0.25) is 0 Å². The minimum absolute atomic E-state index is 0.0939. The maximum absolute atomic E-state index is 12.0. The Morgan fingerprint density at radius 3 is 2.29 bits per heavy atom. The lowest BCUT2D eigenvalue weighted by Gasteiger charge is -2.04. The Morgan fingerprint density at radius 2 is 1.67 bits per heavy atom. The summed E-state index contributed by atoms with van der Waals surface area (Å²) in [6.07, 6.45) is 7.34. The Bertz CT molecular complexity index is 434. The molecule has 0 bridgehead atoms. The normalized spacial score (nSPS) is 10.4. The van der Waals surface area contributed by atoms with Crippen LogP contribution in [0.3, 0.4) is 0 Å². The van der Waals surface area contributed by atoms with E-state index in [-0.39, 0.29) is 11.8 Å². The van der Waals surface area contributed by atoms with E-state index in [0.29, 0.717) is 19.3 Å². The zero-order valence-electron chi connectivity index (χ0n) is 13.2. The van der Waals surface area contributed by atoms with Gasteiger partial charge in [0.05, 0.1) is 7.11 Å². The Hall–Kier alpha value is -1.64. The summed E-state index contributed by atoms with van der Waals surface area (Å²) in [5.41, 5.74) is 2.02. The highest BCUT2D eigenvalue weighted by Crippen LogP contribution is 2.12. The van der Waals surface area contributed by atoms with Crippen molar-refractivity contribution in [2.45, 2.75) is 58.3 Å². The van der Waals surface area contributed by atoms with Gasteiger partial charge in [-0.05, 0) is 24.8 Å². The van der Waals surface area contributed by atoms with Gasteiger partial charge in [-0.15, -0.1) is 0 Å². The molecule has 0 aliphatic heterocycles. The third-order valence-corrected chi connectivity index (χ3v) is 3.61. The molecular weight excluding hydrogens is 264 g/mol. The van der Waals surface area contributed by atoms with E-state index in [9.17, 15) is 9.59 Å². The zero-order chi connectivity index (χ0) is 15.5. The summed E-state index contributed by atoms with van der Waals surface area (Å²) in [6.45, 7) is 2.21. The van der Waals surface area contributed by atoms with Crippen LogP contribution in [0.5, 0.6) is 0 Å². The molecule has 0 spiro atoms. The minimum atomic E-state index is -0.259. The molecule has 0 atom stereocenters. The third kappa shape index (κ3) is 7.07. The number of benzene rings is 1. The van der Waals surface area contributed by atoms with Gasteiger partial charge in [0, 0.05) is 18.4 Å². The molecule has 0 radical (unpaired) electrons. The summed E-state index contributed by atoms with van der Waals surface area (Å²) in [6, 6.07) is 7.88. The van der Waals surface area contributed by atoms with E-state index in [1.165, 1.54) is 38.4 Å². The van der Waals surface area contributed by atoms with Crippen molar-refractivity contribution in [3.63, 3.8) is 0 Å². The first-order valence-electron chi connectivity index (χ1n) is 7.86. The van der Waals surface area contributed by atoms with E-state index in [4.69, 9.17) is 0 Å². The van der Waals surface area contributed by atoms with Gasteiger partial charge in [-0.1, -0.05) is 50.5 Å². The van der Waals surface area contributed by atoms with Crippen LogP contribution in [0.25, 0.3) is 0 Å². The van der Waals surface area contributed by atoms with Crippen LogP contribution in [0.4, 0.5) is 0 Å². The van der Waals surface area contributed by atoms with Crippen molar-refractivity contribution >= 4 is 11.8 Å². The average molecular weight is 290 g/mol. The highest BCUT2D eigenvalue weighted by Gasteiger charge is 2.07. The maximum atomic E-state index is 12.0. The quantitative estimate of drug-likeness (QED) is 0.366. The molecule has 0 aliphatic rings. The van der Waals surface area contributed by atoms with E-state index >= 15 is 0 Å². The SMILES string of the molecule is CCCCCCc1ccc(C(=O)CCCC(=O)OC)cc1. The highest BCUT2D eigenvalue weighted by molar-refractivity contribution is 5.96. The lowest BCUT2D eigenvalue weighted by Crippen LogP contribution is -2.03. The van der Waals surface area contributed by atoms with E-state index in [1.54, 1.807) is 0 Å². The van der Waals surface area contributed by atoms with Crippen LogP contribution in [0, 0.1) is 0 Å². The van der Waals surface area contributed by atoms with Crippen LogP contribution < -0.4 is 0 Å². The summed E-state index contributed by atoms with van der Waals surface area (Å²) >= 11 is 0. The number of ether oxygens (including phenoxy) is 1. The first kappa shape index (κ1) is 17.4. The van der Waals surface area contributed by atoms with Crippen LogP contribution in [0.1, 0.15) is 67.8 Å². The van der Waals surface area contributed by atoms with Gasteiger partial charge in [0.15, 0.2) is 5.78 Å². The molecule has 0 aliphatic carbocycles. The summed E-state index contributed by atoms with van der Waals surface area (Å²) < 4.78 is 4.56. The number of hydrogen-bond donors (Lipinski definition) is 0. The molecule has 0 saturated carbocycles. The van der Waals surface area contributed by atoms with Gasteiger partial charge >= 0.3 is 5.97 Å². The highest BCUT2D eigenvalue weighted by atomic mass is 16.5. The number of aryl methyl sites for hydroxylation is 1. The number of unbranched alkanes of at least 4 members (excludes halogenated alkanes) is 3. The number of esters is 1. The Balaban J connectivity index is 2.35. The van der Waals surface area contributed by atoms with Crippen LogP contribution in [0.15, 0.2) is 24.3 Å². The molecule has 0 saturated heterocycles. The molecule has 0 aromatic heterocycles. The number of carbonyl (C=O) groups excluding carboxylic acids is 2. The summed E-state index contributed by atoms with van der Waals surface area (Å²) in [5.74, 6) is -0.165. The number of carbonyl (C=O) groups is 2. The molecule has 0 N–H and O–H groups in total. The number of rotatable bonds is 10. The molecule has 3 nitrogen and oxygen atoms in total. The molecule has 1 aromatic rings. The zero-order valence-corrected chi connectivity index (χ0v) is 13.2. The fourth-order valence-corrected chi connectivity index (χ4v) is 2.25. The fraction of sp³-hybridized carbons (Fsp3) is 0.556.